The number of aryl methyl sites for hydroxylation is 2. The molecule has 1 saturated heterocycles. The summed E-state index contributed by atoms with van der Waals surface area (Å²) in [6.45, 7) is 12.0. The third kappa shape index (κ3) is 4.12. The molecule has 2 aromatic rings. The number of benzene rings is 1. The fourth-order valence-electron chi connectivity index (χ4n) is 3.38. The summed E-state index contributed by atoms with van der Waals surface area (Å²) < 4.78 is 27.5. The topological polar surface area (TPSA) is 69.6 Å². The molecule has 28 heavy (non-hydrogen) atoms. The van der Waals surface area contributed by atoms with Crippen LogP contribution in [0.15, 0.2) is 35.2 Å². The van der Waals surface area contributed by atoms with Crippen LogP contribution in [0.4, 0.5) is 11.6 Å². The van der Waals surface area contributed by atoms with Gasteiger partial charge in [0.1, 0.15) is 0 Å². The van der Waals surface area contributed by atoms with Gasteiger partial charge in [-0.1, -0.05) is 6.07 Å². The van der Waals surface area contributed by atoms with Gasteiger partial charge in [0.2, 0.25) is 10.0 Å². The van der Waals surface area contributed by atoms with Crippen LogP contribution in [0.3, 0.4) is 0 Å². The van der Waals surface area contributed by atoms with Crippen molar-refractivity contribution in [3.8, 4) is 0 Å². The Hall–Kier alpha value is -2.19. The van der Waals surface area contributed by atoms with Gasteiger partial charge in [-0.05, 0) is 63.1 Å². The Bertz CT molecular complexity index is 903. The number of piperazine rings is 1. The minimum atomic E-state index is -3.47. The van der Waals surface area contributed by atoms with E-state index in [4.69, 9.17) is 0 Å². The zero-order chi connectivity index (χ0) is 20.3. The molecular formula is C20H29N5O2S. The molecule has 1 aromatic heterocycles. The molecular weight excluding hydrogens is 374 g/mol. The number of hydrogen-bond acceptors (Lipinski definition) is 6. The maximum absolute atomic E-state index is 13.0. The first-order valence-electron chi connectivity index (χ1n) is 9.77. The molecule has 7 nitrogen and oxygen atoms in total. The molecule has 0 unspecified atom stereocenters. The Morgan fingerprint density at radius 1 is 0.929 bits per heavy atom. The van der Waals surface area contributed by atoms with E-state index in [0.717, 1.165) is 35.9 Å². The van der Waals surface area contributed by atoms with Gasteiger partial charge >= 0.3 is 0 Å². The third-order valence-corrected chi connectivity index (χ3v) is 7.30. The average molecular weight is 404 g/mol. The van der Waals surface area contributed by atoms with Crippen LogP contribution in [-0.4, -0.2) is 62.2 Å². The molecule has 1 fully saturated rings. The standard InChI is InChI=1S/C20H29N5O2S/c1-5-23(6-2)19-9-10-20(22-21-19)24-11-13-25(14-12-24)28(26,27)18-8-7-16(3)17(4)15-18/h7-10,15H,5-6,11-14H2,1-4H3. The highest BCUT2D eigenvalue weighted by atomic mass is 32.2. The Morgan fingerprint density at radius 3 is 2.14 bits per heavy atom. The molecule has 0 atom stereocenters. The van der Waals surface area contributed by atoms with Crippen LogP contribution in [0.25, 0.3) is 0 Å². The van der Waals surface area contributed by atoms with Crippen molar-refractivity contribution in [1.29, 1.82) is 0 Å². The summed E-state index contributed by atoms with van der Waals surface area (Å²) >= 11 is 0. The van der Waals surface area contributed by atoms with Crippen molar-refractivity contribution in [3.63, 3.8) is 0 Å². The van der Waals surface area contributed by atoms with Gasteiger partial charge in [0.25, 0.3) is 0 Å². The predicted molar refractivity (Wildman–Crippen MR) is 112 cm³/mol. The molecule has 1 aliphatic rings. The highest BCUT2D eigenvalue weighted by molar-refractivity contribution is 7.89. The molecule has 3 rings (SSSR count). The Labute approximate surface area is 168 Å². The van der Waals surface area contributed by atoms with E-state index in [0.29, 0.717) is 31.1 Å². The van der Waals surface area contributed by atoms with Crippen LogP contribution in [0.2, 0.25) is 0 Å². The van der Waals surface area contributed by atoms with Gasteiger partial charge in [0.15, 0.2) is 11.6 Å². The monoisotopic (exact) mass is 403 g/mol. The van der Waals surface area contributed by atoms with Crippen molar-refractivity contribution in [2.24, 2.45) is 0 Å². The SMILES string of the molecule is CCN(CC)c1ccc(N2CCN(S(=O)(=O)c3ccc(C)c(C)c3)CC2)nn1. The fraction of sp³-hybridized carbons (Fsp3) is 0.500. The van der Waals surface area contributed by atoms with E-state index in [-0.39, 0.29) is 0 Å². The minimum Gasteiger partial charge on any atom is -0.356 e. The van der Waals surface area contributed by atoms with E-state index in [9.17, 15) is 8.42 Å². The quantitative estimate of drug-likeness (QED) is 0.738. The van der Waals surface area contributed by atoms with Gasteiger partial charge < -0.3 is 9.80 Å². The summed E-state index contributed by atoms with van der Waals surface area (Å²) in [4.78, 5) is 4.60. The van der Waals surface area contributed by atoms with Crippen LogP contribution in [0.1, 0.15) is 25.0 Å². The van der Waals surface area contributed by atoms with Crippen LogP contribution in [0, 0.1) is 13.8 Å². The predicted octanol–water partition coefficient (Wildman–Crippen LogP) is 2.45. The van der Waals surface area contributed by atoms with E-state index in [1.165, 1.54) is 0 Å². The molecule has 0 N–H and O–H groups in total. The van der Waals surface area contributed by atoms with Gasteiger partial charge in [-0.25, -0.2) is 8.42 Å². The first-order chi connectivity index (χ1) is 13.4. The molecule has 0 saturated carbocycles. The maximum Gasteiger partial charge on any atom is 0.243 e. The zero-order valence-electron chi connectivity index (χ0n) is 17.1. The van der Waals surface area contributed by atoms with Crippen LogP contribution in [-0.2, 0) is 10.0 Å². The van der Waals surface area contributed by atoms with E-state index >= 15 is 0 Å². The lowest BCUT2D eigenvalue weighted by atomic mass is 10.1. The normalized spacial score (nSPS) is 15.6. The van der Waals surface area contributed by atoms with Crippen molar-refractivity contribution in [2.45, 2.75) is 32.6 Å². The molecule has 2 heterocycles. The second kappa shape index (κ2) is 8.45. The molecule has 0 amide bonds. The highest BCUT2D eigenvalue weighted by Gasteiger charge is 2.29. The Morgan fingerprint density at radius 2 is 1.61 bits per heavy atom. The van der Waals surface area contributed by atoms with E-state index < -0.39 is 10.0 Å². The van der Waals surface area contributed by atoms with Gasteiger partial charge in [-0.3, -0.25) is 0 Å². The second-order valence-corrected chi connectivity index (χ2v) is 9.00. The average Bonchev–Trinajstić information content (AvgIpc) is 2.71. The lowest BCUT2D eigenvalue weighted by Gasteiger charge is -2.34. The Kier molecular flexibility index (Phi) is 6.20. The van der Waals surface area contributed by atoms with Gasteiger partial charge in [-0.2, -0.15) is 4.31 Å². The van der Waals surface area contributed by atoms with E-state index in [2.05, 4.69) is 33.8 Å². The first-order valence-corrected chi connectivity index (χ1v) is 11.2. The number of rotatable bonds is 6. The summed E-state index contributed by atoms with van der Waals surface area (Å²) in [5.41, 5.74) is 2.08. The molecule has 8 heteroatoms. The zero-order valence-corrected chi connectivity index (χ0v) is 17.9. The highest BCUT2D eigenvalue weighted by Crippen LogP contribution is 2.22. The van der Waals surface area contributed by atoms with E-state index in [1.54, 1.807) is 16.4 Å². The first kappa shape index (κ1) is 20.5. The molecule has 0 aliphatic carbocycles. The molecule has 1 aromatic carbocycles. The van der Waals surface area contributed by atoms with Crippen molar-refractivity contribution >= 4 is 21.7 Å². The number of sulfonamides is 1. The summed E-state index contributed by atoms with van der Waals surface area (Å²) in [6.07, 6.45) is 0. The lowest BCUT2D eigenvalue weighted by Crippen LogP contribution is -2.49. The van der Waals surface area contributed by atoms with Crippen LogP contribution < -0.4 is 9.80 Å². The molecule has 1 aliphatic heterocycles. The minimum absolute atomic E-state index is 0.368. The summed E-state index contributed by atoms with van der Waals surface area (Å²) in [6, 6.07) is 9.27. The molecule has 0 radical (unpaired) electrons. The van der Waals surface area contributed by atoms with Gasteiger partial charge in [-0.15, -0.1) is 10.2 Å². The largest absolute Gasteiger partial charge is 0.356 e. The fourth-order valence-corrected chi connectivity index (χ4v) is 4.89. The van der Waals surface area contributed by atoms with E-state index in [1.807, 2.05) is 32.0 Å². The van der Waals surface area contributed by atoms with Crippen molar-refractivity contribution in [3.05, 3.63) is 41.5 Å². The summed E-state index contributed by atoms with van der Waals surface area (Å²) in [7, 11) is -3.47. The van der Waals surface area contributed by atoms with Crippen molar-refractivity contribution < 1.29 is 8.42 Å². The van der Waals surface area contributed by atoms with Gasteiger partial charge in [0.05, 0.1) is 4.90 Å². The lowest BCUT2D eigenvalue weighted by molar-refractivity contribution is 0.383. The molecule has 0 spiro atoms. The summed E-state index contributed by atoms with van der Waals surface area (Å²) in [5.74, 6) is 1.66. The number of nitrogens with zero attached hydrogens (tertiary/aromatic N) is 5. The Balaban J connectivity index is 1.67. The maximum atomic E-state index is 13.0. The smallest absolute Gasteiger partial charge is 0.243 e. The van der Waals surface area contributed by atoms with Gasteiger partial charge in [0, 0.05) is 39.3 Å². The summed E-state index contributed by atoms with van der Waals surface area (Å²) in [5, 5.41) is 8.68. The van der Waals surface area contributed by atoms with Crippen molar-refractivity contribution in [1.82, 2.24) is 14.5 Å². The van der Waals surface area contributed by atoms with Crippen LogP contribution in [0.5, 0.6) is 0 Å². The van der Waals surface area contributed by atoms with Crippen LogP contribution >= 0.6 is 0 Å². The molecule has 0 bridgehead atoms. The second-order valence-electron chi connectivity index (χ2n) is 7.06. The van der Waals surface area contributed by atoms with Crippen molar-refractivity contribution in [2.75, 3.05) is 49.1 Å². The third-order valence-electron chi connectivity index (χ3n) is 5.40. The number of aromatic nitrogens is 2. The number of hydrogen-bond donors (Lipinski definition) is 0. The molecule has 152 valence electrons. The number of anilines is 2.